The van der Waals surface area contributed by atoms with Crippen molar-refractivity contribution < 1.29 is 9.32 Å². The van der Waals surface area contributed by atoms with Gasteiger partial charge in [-0.05, 0) is 13.8 Å². The number of carbonyl (C=O) groups excluding carboxylic acids is 1. The monoisotopic (exact) mass is 252 g/mol. The van der Waals surface area contributed by atoms with Gasteiger partial charge in [-0.25, -0.2) is 0 Å². The third-order valence-corrected chi connectivity index (χ3v) is 3.00. The summed E-state index contributed by atoms with van der Waals surface area (Å²) in [5.74, 6) is 1.17. The Labute approximate surface area is 107 Å². The first kappa shape index (κ1) is 13.0. The van der Waals surface area contributed by atoms with Crippen molar-refractivity contribution in [1.82, 2.24) is 15.4 Å². The van der Waals surface area contributed by atoms with Crippen LogP contribution in [0.25, 0.3) is 0 Å². The van der Waals surface area contributed by atoms with Gasteiger partial charge in [-0.3, -0.25) is 4.79 Å². The van der Waals surface area contributed by atoms with Crippen LogP contribution >= 0.6 is 0 Å². The molecule has 1 aliphatic heterocycles. The summed E-state index contributed by atoms with van der Waals surface area (Å²) in [6.45, 7) is 7.73. The quantitative estimate of drug-likeness (QED) is 0.821. The van der Waals surface area contributed by atoms with Crippen LogP contribution in [0.2, 0.25) is 0 Å². The number of rotatable bonds is 4. The topological polar surface area (TPSA) is 70.4 Å². The van der Waals surface area contributed by atoms with Crippen LogP contribution in [0.3, 0.4) is 0 Å². The highest BCUT2D eigenvalue weighted by molar-refractivity contribution is 5.89. The van der Waals surface area contributed by atoms with Crippen LogP contribution < -0.4 is 10.6 Å². The Morgan fingerprint density at radius 2 is 2.56 bits per heavy atom. The van der Waals surface area contributed by atoms with Gasteiger partial charge >= 0.3 is 0 Å². The average Bonchev–Trinajstić information content (AvgIpc) is 2.72. The smallest absolute Gasteiger partial charge is 0.226 e. The average molecular weight is 252 g/mol. The molecule has 2 rings (SSSR count). The zero-order valence-electron chi connectivity index (χ0n) is 10.9. The normalized spacial score (nSPS) is 20.9. The van der Waals surface area contributed by atoms with Gasteiger partial charge in [-0.2, -0.15) is 0 Å². The van der Waals surface area contributed by atoms with Gasteiger partial charge in [0.25, 0.3) is 0 Å². The molecule has 100 valence electrons. The summed E-state index contributed by atoms with van der Waals surface area (Å²) in [7, 11) is 0. The molecule has 2 heterocycles. The molecule has 0 radical (unpaired) electrons. The molecule has 0 aliphatic carbocycles. The molecule has 1 aromatic heterocycles. The minimum atomic E-state index is -0.0190. The predicted octanol–water partition coefficient (Wildman–Crippen LogP) is 0.605. The summed E-state index contributed by atoms with van der Waals surface area (Å²) >= 11 is 0. The SMILES string of the molecule is Cc1cc(NC(=O)CCN2CCN[C@@H](C)C2)no1. The summed E-state index contributed by atoms with van der Waals surface area (Å²) in [6.07, 6.45) is 0.485. The third-order valence-electron chi connectivity index (χ3n) is 3.00. The van der Waals surface area contributed by atoms with E-state index in [0.29, 0.717) is 24.0 Å². The summed E-state index contributed by atoms with van der Waals surface area (Å²) in [4.78, 5) is 14.0. The number of hydrogen-bond acceptors (Lipinski definition) is 5. The number of aromatic nitrogens is 1. The number of amides is 1. The molecule has 0 bridgehead atoms. The van der Waals surface area contributed by atoms with E-state index in [1.165, 1.54) is 0 Å². The van der Waals surface area contributed by atoms with Gasteiger partial charge in [0.1, 0.15) is 5.76 Å². The van der Waals surface area contributed by atoms with E-state index in [-0.39, 0.29) is 5.91 Å². The van der Waals surface area contributed by atoms with E-state index in [4.69, 9.17) is 4.52 Å². The molecule has 1 fully saturated rings. The number of piperazine rings is 1. The van der Waals surface area contributed by atoms with Gasteiger partial charge in [0.2, 0.25) is 5.91 Å². The van der Waals surface area contributed by atoms with Crippen molar-refractivity contribution in [3.05, 3.63) is 11.8 Å². The number of nitrogens with zero attached hydrogens (tertiary/aromatic N) is 2. The Balaban J connectivity index is 1.71. The molecule has 1 aromatic rings. The first-order valence-electron chi connectivity index (χ1n) is 6.32. The summed E-state index contributed by atoms with van der Waals surface area (Å²) in [6, 6.07) is 2.21. The van der Waals surface area contributed by atoms with Gasteiger partial charge in [-0.1, -0.05) is 5.16 Å². The van der Waals surface area contributed by atoms with Crippen LogP contribution in [0.4, 0.5) is 5.82 Å². The van der Waals surface area contributed by atoms with Gasteiger partial charge < -0.3 is 20.1 Å². The second-order valence-corrected chi connectivity index (χ2v) is 4.78. The fraction of sp³-hybridized carbons (Fsp3) is 0.667. The highest BCUT2D eigenvalue weighted by Gasteiger charge is 2.16. The molecule has 1 saturated heterocycles. The first-order chi connectivity index (χ1) is 8.63. The Morgan fingerprint density at radius 1 is 1.72 bits per heavy atom. The Hall–Kier alpha value is -1.40. The Morgan fingerprint density at radius 3 is 3.22 bits per heavy atom. The number of nitrogens with one attached hydrogen (secondary N) is 2. The van der Waals surface area contributed by atoms with Crippen molar-refractivity contribution >= 4 is 11.7 Å². The molecule has 18 heavy (non-hydrogen) atoms. The predicted molar refractivity (Wildman–Crippen MR) is 68.4 cm³/mol. The lowest BCUT2D eigenvalue weighted by Gasteiger charge is -2.31. The van der Waals surface area contributed by atoms with Crippen LogP contribution in [0.1, 0.15) is 19.1 Å². The van der Waals surface area contributed by atoms with Crippen molar-refractivity contribution in [2.24, 2.45) is 0 Å². The van der Waals surface area contributed by atoms with Crippen LogP contribution in [0.15, 0.2) is 10.6 Å². The van der Waals surface area contributed by atoms with Crippen LogP contribution in [-0.4, -0.2) is 48.2 Å². The van der Waals surface area contributed by atoms with Crippen LogP contribution in [0.5, 0.6) is 0 Å². The van der Waals surface area contributed by atoms with Crippen molar-refractivity contribution in [2.45, 2.75) is 26.3 Å². The number of carbonyl (C=O) groups is 1. The van der Waals surface area contributed by atoms with Crippen LogP contribution in [-0.2, 0) is 4.79 Å². The molecule has 2 N–H and O–H groups in total. The van der Waals surface area contributed by atoms with Gasteiger partial charge in [-0.15, -0.1) is 0 Å². The zero-order valence-corrected chi connectivity index (χ0v) is 10.9. The zero-order chi connectivity index (χ0) is 13.0. The molecule has 0 aromatic carbocycles. The standard InChI is InChI=1S/C12H20N4O2/c1-9-8-16(6-4-13-9)5-3-12(17)14-11-7-10(2)18-15-11/h7,9,13H,3-6,8H2,1-2H3,(H,14,15,17)/t9-/m0/s1. The van der Waals surface area contributed by atoms with E-state index in [9.17, 15) is 4.79 Å². The minimum Gasteiger partial charge on any atom is -0.360 e. The van der Waals surface area contributed by atoms with Crippen molar-refractivity contribution in [3.63, 3.8) is 0 Å². The summed E-state index contributed by atoms with van der Waals surface area (Å²) < 4.78 is 4.89. The van der Waals surface area contributed by atoms with Gasteiger partial charge in [0, 0.05) is 44.7 Å². The first-order valence-corrected chi connectivity index (χ1v) is 6.32. The second kappa shape index (κ2) is 5.97. The highest BCUT2D eigenvalue weighted by atomic mass is 16.5. The van der Waals surface area contributed by atoms with E-state index in [1.807, 2.05) is 0 Å². The minimum absolute atomic E-state index is 0.0190. The summed E-state index contributed by atoms with van der Waals surface area (Å²) in [5.41, 5.74) is 0. The van der Waals surface area contributed by atoms with E-state index < -0.39 is 0 Å². The maximum atomic E-state index is 11.7. The molecule has 1 aliphatic rings. The molecule has 1 atom stereocenters. The fourth-order valence-corrected chi connectivity index (χ4v) is 2.11. The molecular formula is C12H20N4O2. The number of anilines is 1. The number of hydrogen-bond donors (Lipinski definition) is 2. The lowest BCUT2D eigenvalue weighted by atomic mass is 10.2. The number of aryl methyl sites for hydroxylation is 1. The van der Waals surface area contributed by atoms with E-state index in [0.717, 1.165) is 26.2 Å². The van der Waals surface area contributed by atoms with E-state index in [1.54, 1.807) is 13.0 Å². The maximum Gasteiger partial charge on any atom is 0.226 e. The van der Waals surface area contributed by atoms with Crippen LogP contribution in [0, 0.1) is 6.92 Å². The van der Waals surface area contributed by atoms with Crippen molar-refractivity contribution in [2.75, 3.05) is 31.5 Å². The Bertz CT molecular complexity index is 405. The van der Waals surface area contributed by atoms with Gasteiger partial charge in [0.05, 0.1) is 0 Å². The van der Waals surface area contributed by atoms with Crippen molar-refractivity contribution in [1.29, 1.82) is 0 Å². The van der Waals surface area contributed by atoms with E-state index in [2.05, 4.69) is 27.6 Å². The van der Waals surface area contributed by atoms with E-state index >= 15 is 0 Å². The second-order valence-electron chi connectivity index (χ2n) is 4.78. The molecule has 0 unspecified atom stereocenters. The molecule has 0 spiro atoms. The lowest BCUT2D eigenvalue weighted by Crippen LogP contribution is -2.49. The molecule has 6 heteroatoms. The lowest BCUT2D eigenvalue weighted by molar-refractivity contribution is -0.116. The molecule has 1 amide bonds. The van der Waals surface area contributed by atoms with Gasteiger partial charge in [0.15, 0.2) is 5.82 Å². The fourth-order valence-electron chi connectivity index (χ4n) is 2.11. The highest BCUT2D eigenvalue weighted by Crippen LogP contribution is 2.07. The van der Waals surface area contributed by atoms with Crippen molar-refractivity contribution in [3.8, 4) is 0 Å². The molecule has 6 nitrogen and oxygen atoms in total. The third kappa shape index (κ3) is 3.82. The molecule has 0 saturated carbocycles. The maximum absolute atomic E-state index is 11.7. The Kier molecular flexibility index (Phi) is 4.33. The summed E-state index contributed by atoms with van der Waals surface area (Å²) in [5, 5.41) is 9.84. The largest absolute Gasteiger partial charge is 0.360 e. The molecular weight excluding hydrogens is 232 g/mol.